The molecule has 1 N–H and O–H groups in total. The Morgan fingerprint density at radius 2 is 2.11 bits per heavy atom. The van der Waals surface area contributed by atoms with E-state index in [0.717, 1.165) is 29.7 Å². The van der Waals surface area contributed by atoms with Crippen LogP contribution in [0.1, 0.15) is 56.8 Å². The first-order valence-electron chi connectivity index (χ1n) is 7.34. The van der Waals surface area contributed by atoms with Crippen molar-refractivity contribution >= 4 is 5.82 Å². The average molecular weight is 263 g/mol. The first kappa shape index (κ1) is 14.1. The summed E-state index contributed by atoms with van der Waals surface area (Å²) in [5.41, 5.74) is 1.01. The number of rotatable bonds is 7. The van der Waals surface area contributed by atoms with Gasteiger partial charge in [-0.05, 0) is 32.1 Å². The van der Waals surface area contributed by atoms with Crippen LogP contribution in [0.25, 0.3) is 0 Å². The van der Waals surface area contributed by atoms with Gasteiger partial charge in [-0.25, -0.2) is 4.98 Å². The van der Waals surface area contributed by atoms with Crippen molar-refractivity contribution in [3.8, 4) is 5.88 Å². The molecule has 0 aliphatic heterocycles. The largest absolute Gasteiger partial charge is 0.477 e. The second kappa shape index (κ2) is 6.22. The minimum Gasteiger partial charge on any atom is -0.477 e. The summed E-state index contributed by atoms with van der Waals surface area (Å²) in [6, 6.07) is 0. The molecule has 0 aromatic carbocycles. The molecular formula is C15H25N3O. The second-order valence-corrected chi connectivity index (χ2v) is 5.59. The third-order valence-electron chi connectivity index (χ3n) is 3.58. The van der Waals surface area contributed by atoms with Gasteiger partial charge < -0.3 is 10.1 Å². The van der Waals surface area contributed by atoms with Crippen LogP contribution >= 0.6 is 0 Å². The summed E-state index contributed by atoms with van der Waals surface area (Å²) >= 11 is 0. The number of nitrogens with zero attached hydrogens (tertiary/aromatic N) is 2. The Hall–Kier alpha value is -1.32. The van der Waals surface area contributed by atoms with Gasteiger partial charge in [-0.2, -0.15) is 4.98 Å². The number of hydrogen-bond acceptors (Lipinski definition) is 4. The van der Waals surface area contributed by atoms with Crippen molar-refractivity contribution in [1.82, 2.24) is 9.97 Å². The van der Waals surface area contributed by atoms with Gasteiger partial charge >= 0.3 is 0 Å². The van der Waals surface area contributed by atoms with Gasteiger partial charge in [-0.1, -0.05) is 20.3 Å². The van der Waals surface area contributed by atoms with Gasteiger partial charge in [0.05, 0.1) is 12.2 Å². The highest BCUT2D eigenvalue weighted by Gasteiger charge is 2.28. The molecule has 19 heavy (non-hydrogen) atoms. The Morgan fingerprint density at radius 1 is 1.37 bits per heavy atom. The quantitative estimate of drug-likeness (QED) is 0.817. The molecule has 2 rings (SSSR count). The fourth-order valence-corrected chi connectivity index (χ4v) is 2.22. The highest BCUT2D eigenvalue weighted by Crippen LogP contribution is 2.39. The lowest BCUT2D eigenvalue weighted by Gasteiger charge is -2.15. The Bertz CT molecular complexity index is 430. The fraction of sp³-hybridized carbons (Fsp3) is 0.733. The van der Waals surface area contributed by atoms with Gasteiger partial charge in [0.1, 0.15) is 11.6 Å². The Morgan fingerprint density at radius 3 is 2.68 bits per heavy atom. The summed E-state index contributed by atoms with van der Waals surface area (Å²) in [6.45, 7) is 7.18. The van der Waals surface area contributed by atoms with Gasteiger partial charge in [0.15, 0.2) is 0 Å². The molecule has 1 unspecified atom stereocenters. The molecular weight excluding hydrogens is 238 g/mol. The Balaban J connectivity index is 2.11. The van der Waals surface area contributed by atoms with E-state index >= 15 is 0 Å². The van der Waals surface area contributed by atoms with Crippen LogP contribution in [0.15, 0.2) is 0 Å². The third-order valence-corrected chi connectivity index (χ3v) is 3.58. The zero-order chi connectivity index (χ0) is 13.8. The molecule has 1 heterocycles. The lowest BCUT2D eigenvalue weighted by Crippen LogP contribution is -2.12. The minimum atomic E-state index is 0.545. The molecule has 1 aromatic heterocycles. The molecule has 1 saturated carbocycles. The smallest absolute Gasteiger partial charge is 0.221 e. The minimum absolute atomic E-state index is 0.545. The SMILES string of the molecule is CCCC(C)COc1nc(C2CC2)nc(NC)c1C. The highest BCUT2D eigenvalue weighted by molar-refractivity contribution is 5.48. The van der Waals surface area contributed by atoms with Crippen molar-refractivity contribution in [1.29, 1.82) is 0 Å². The first-order chi connectivity index (χ1) is 9.15. The number of ether oxygens (including phenoxy) is 1. The standard InChI is InChI=1S/C15H25N3O/c1-5-6-10(2)9-19-15-11(3)13(16-4)17-14(18-15)12-7-8-12/h10,12H,5-9H2,1-4H3,(H,16,17,18). The van der Waals surface area contributed by atoms with Crippen molar-refractivity contribution in [2.24, 2.45) is 5.92 Å². The van der Waals surface area contributed by atoms with E-state index < -0.39 is 0 Å². The van der Waals surface area contributed by atoms with E-state index in [1.165, 1.54) is 25.7 Å². The monoisotopic (exact) mass is 263 g/mol. The van der Waals surface area contributed by atoms with Gasteiger partial charge in [0.2, 0.25) is 5.88 Å². The maximum Gasteiger partial charge on any atom is 0.221 e. The molecule has 0 amide bonds. The van der Waals surface area contributed by atoms with Crippen molar-refractivity contribution in [3.05, 3.63) is 11.4 Å². The zero-order valence-corrected chi connectivity index (χ0v) is 12.5. The van der Waals surface area contributed by atoms with E-state index in [1.807, 2.05) is 14.0 Å². The number of aromatic nitrogens is 2. The summed E-state index contributed by atoms with van der Waals surface area (Å²) in [4.78, 5) is 9.18. The van der Waals surface area contributed by atoms with E-state index in [1.54, 1.807) is 0 Å². The van der Waals surface area contributed by atoms with Gasteiger partial charge in [-0.3, -0.25) is 0 Å². The van der Waals surface area contributed by atoms with Crippen LogP contribution in [0, 0.1) is 12.8 Å². The Labute approximate surface area is 116 Å². The van der Waals surface area contributed by atoms with E-state index in [0.29, 0.717) is 11.8 Å². The van der Waals surface area contributed by atoms with E-state index in [4.69, 9.17) is 4.74 Å². The summed E-state index contributed by atoms with van der Waals surface area (Å²) in [7, 11) is 1.90. The Kier molecular flexibility index (Phi) is 4.61. The average Bonchev–Trinajstić information content (AvgIpc) is 3.22. The van der Waals surface area contributed by atoms with E-state index in [-0.39, 0.29) is 0 Å². The first-order valence-corrected chi connectivity index (χ1v) is 7.34. The predicted octanol–water partition coefficient (Wildman–Crippen LogP) is 3.52. The molecule has 0 saturated heterocycles. The van der Waals surface area contributed by atoms with Crippen LogP contribution in [-0.2, 0) is 0 Å². The molecule has 1 aromatic rings. The second-order valence-electron chi connectivity index (χ2n) is 5.59. The van der Waals surface area contributed by atoms with Gasteiger partial charge in [-0.15, -0.1) is 0 Å². The van der Waals surface area contributed by atoms with Crippen LogP contribution in [0.2, 0.25) is 0 Å². The maximum atomic E-state index is 5.92. The van der Waals surface area contributed by atoms with E-state index in [9.17, 15) is 0 Å². The van der Waals surface area contributed by atoms with Crippen LogP contribution in [0.5, 0.6) is 5.88 Å². The fourth-order valence-electron chi connectivity index (χ4n) is 2.22. The number of anilines is 1. The van der Waals surface area contributed by atoms with E-state index in [2.05, 4.69) is 29.1 Å². The number of hydrogen-bond donors (Lipinski definition) is 1. The molecule has 4 nitrogen and oxygen atoms in total. The molecule has 0 radical (unpaired) electrons. The molecule has 1 fully saturated rings. The molecule has 0 spiro atoms. The van der Waals surface area contributed by atoms with Crippen molar-refractivity contribution in [3.63, 3.8) is 0 Å². The normalized spacial score (nSPS) is 16.2. The van der Waals surface area contributed by atoms with Gasteiger partial charge in [0.25, 0.3) is 0 Å². The molecule has 1 aliphatic carbocycles. The zero-order valence-electron chi connectivity index (χ0n) is 12.5. The topological polar surface area (TPSA) is 47.0 Å². The van der Waals surface area contributed by atoms with Crippen LogP contribution in [0.3, 0.4) is 0 Å². The lowest BCUT2D eigenvalue weighted by molar-refractivity contribution is 0.240. The molecule has 1 atom stereocenters. The van der Waals surface area contributed by atoms with Crippen LogP contribution in [-0.4, -0.2) is 23.6 Å². The summed E-state index contributed by atoms with van der Waals surface area (Å²) in [5, 5.41) is 3.14. The van der Waals surface area contributed by atoms with Crippen molar-refractivity contribution in [2.45, 2.75) is 52.4 Å². The lowest BCUT2D eigenvalue weighted by atomic mass is 10.1. The molecule has 0 bridgehead atoms. The van der Waals surface area contributed by atoms with Gasteiger partial charge in [0, 0.05) is 13.0 Å². The summed E-state index contributed by atoms with van der Waals surface area (Å²) in [6.07, 6.45) is 4.80. The molecule has 106 valence electrons. The number of nitrogens with one attached hydrogen (secondary N) is 1. The summed E-state index contributed by atoms with van der Waals surface area (Å²) in [5.74, 6) is 3.71. The maximum absolute atomic E-state index is 5.92. The highest BCUT2D eigenvalue weighted by atomic mass is 16.5. The third kappa shape index (κ3) is 3.58. The molecule has 4 heteroatoms. The van der Waals surface area contributed by atoms with Crippen LogP contribution < -0.4 is 10.1 Å². The molecule has 1 aliphatic rings. The predicted molar refractivity (Wildman–Crippen MR) is 77.9 cm³/mol. The van der Waals surface area contributed by atoms with Crippen molar-refractivity contribution < 1.29 is 4.74 Å². The van der Waals surface area contributed by atoms with Crippen LogP contribution in [0.4, 0.5) is 5.82 Å². The summed E-state index contributed by atoms with van der Waals surface area (Å²) < 4.78 is 5.92. The van der Waals surface area contributed by atoms with Crippen molar-refractivity contribution in [2.75, 3.05) is 19.0 Å².